The van der Waals surface area contributed by atoms with Gasteiger partial charge in [-0.2, -0.15) is 0 Å². The highest BCUT2D eigenvalue weighted by atomic mass is 14.9. The van der Waals surface area contributed by atoms with E-state index in [-0.39, 0.29) is 0 Å². The lowest BCUT2D eigenvalue weighted by Crippen LogP contribution is -2.17. The number of hydrogen-bond acceptors (Lipinski definition) is 4. The molecule has 21 heavy (non-hydrogen) atoms. The van der Waals surface area contributed by atoms with Gasteiger partial charge in [-0.25, -0.2) is 0 Å². The third-order valence-electron chi connectivity index (χ3n) is 3.27. The molecule has 0 saturated heterocycles. The number of pyridine rings is 2. The second kappa shape index (κ2) is 10.0. The first-order chi connectivity index (χ1) is 10.4. The quantitative estimate of drug-likeness (QED) is 0.658. The minimum absolute atomic E-state index is 0.860. The van der Waals surface area contributed by atoms with Gasteiger partial charge in [-0.05, 0) is 50.2 Å². The van der Waals surface area contributed by atoms with E-state index in [2.05, 4.69) is 32.7 Å². The Bertz CT molecular complexity index is 427. The largest absolute Gasteiger partial charge is 0.311 e. The first-order valence-corrected chi connectivity index (χ1v) is 7.66. The van der Waals surface area contributed by atoms with Gasteiger partial charge in [-0.15, -0.1) is 0 Å². The van der Waals surface area contributed by atoms with Crippen LogP contribution in [0.2, 0.25) is 0 Å². The molecule has 2 aromatic rings. The van der Waals surface area contributed by atoms with Gasteiger partial charge >= 0.3 is 0 Å². The van der Waals surface area contributed by atoms with E-state index in [0.717, 1.165) is 37.6 Å². The summed E-state index contributed by atoms with van der Waals surface area (Å²) in [7, 11) is 0. The minimum atomic E-state index is 0.860. The molecule has 2 aromatic heterocycles. The molecule has 0 aliphatic carbocycles. The van der Waals surface area contributed by atoms with E-state index in [1.54, 1.807) is 0 Å². The highest BCUT2D eigenvalue weighted by molar-refractivity contribution is 5.03. The third kappa shape index (κ3) is 6.97. The average molecular weight is 284 g/mol. The van der Waals surface area contributed by atoms with E-state index in [4.69, 9.17) is 0 Å². The van der Waals surface area contributed by atoms with E-state index >= 15 is 0 Å². The van der Waals surface area contributed by atoms with Crippen LogP contribution in [0.5, 0.6) is 0 Å². The maximum absolute atomic E-state index is 4.29. The Morgan fingerprint density at radius 1 is 0.667 bits per heavy atom. The number of hydrogen-bond donors (Lipinski definition) is 2. The van der Waals surface area contributed by atoms with Crippen LogP contribution in [0, 0.1) is 0 Å². The van der Waals surface area contributed by atoms with Gasteiger partial charge in [0.05, 0.1) is 11.4 Å². The zero-order valence-electron chi connectivity index (χ0n) is 12.5. The SMILES string of the molecule is c1ccc(CNCCCCCNCc2ccccn2)nc1. The van der Waals surface area contributed by atoms with Gasteiger partial charge in [0, 0.05) is 25.5 Å². The van der Waals surface area contributed by atoms with Crippen molar-refractivity contribution in [2.45, 2.75) is 32.4 Å². The predicted molar refractivity (Wildman–Crippen MR) is 85.7 cm³/mol. The fourth-order valence-corrected chi connectivity index (χ4v) is 2.12. The van der Waals surface area contributed by atoms with Crippen molar-refractivity contribution in [1.82, 2.24) is 20.6 Å². The van der Waals surface area contributed by atoms with E-state index in [1.165, 1.54) is 19.3 Å². The summed E-state index contributed by atoms with van der Waals surface area (Å²) in [4.78, 5) is 8.57. The molecule has 0 aromatic carbocycles. The summed E-state index contributed by atoms with van der Waals surface area (Å²) in [5.41, 5.74) is 2.21. The Morgan fingerprint density at radius 2 is 1.19 bits per heavy atom. The lowest BCUT2D eigenvalue weighted by Gasteiger charge is -2.05. The molecule has 2 rings (SSSR count). The molecule has 0 aliphatic rings. The van der Waals surface area contributed by atoms with Gasteiger partial charge in [0.1, 0.15) is 0 Å². The summed E-state index contributed by atoms with van der Waals surface area (Å²) in [6, 6.07) is 12.0. The van der Waals surface area contributed by atoms with Gasteiger partial charge in [-0.1, -0.05) is 18.6 Å². The number of nitrogens with one attached hydrogen (secondary N) is 2. The smallest absolute Gasteiger partial charge is 0.0541 e. The number of rotatable bonds is 10. The molecule has 0 fully saturated rings. The van der Waals surface area contributed by atoms with Crippen LogP contribution in [0.1, 0.15) is 30.7 Å². The number of aromatic nitrogens is 2. The Balaban J connectivity index is 1.40. The maximum atomic E-state index is 4.29. The van der Waals surface area contributed by atoms with Crippen molar-refractivity contribution < 1.29 is 0 Å². The molecule has 0 unspecified atom stereocenters. The predicted octanol–water partition coefficient (Wildman–Crippen LogP) is 2.53. The fourth-order valence-electron chi connectivity index (χ4n) is 2.12. The molecule has 0 bridgehead atoms. The maximum Gasteiger partial charge on any atom is 0.0541 e. The van der Waals surface area contributed by atoms with Crippen molar-refractivity contribution in [3.8, 4) is 0 Å². The summed E-state index contributed by atoms with van der Waals surface area (Å²) in [6.45, 7) is 3.82. The molecule has 0 saturated carbocycles. The van der Waals surface area contributed by atoms with E-state index < -0.39 is 0 Å². The molecule has 2 heterocycles. The highest BCUT2D eigenvalue weighted by Crippen LogP contribution is 1.96. The van der Waals surface area contributed by atoms with Crippen LogP contribution in [-0.4, -0.2) is 23.1 Å². The zero-order chi connectivity index (χ0) is 14.6. The average Bonchev–Trinajstić information content (AvgIpc) is 2.55. The van der Waals surface area contributed by atoms with E-state index in [1.807, 2.05) is 36.7 Å². The van der Waals surface area contributed by atoms with Crippen molar-refractivity contribution in [3.63, 3.8) is 0 Å². The Kier molecular flexibility index (Phi) is 7.45. The Hall–Kier alpha value is -1.78. The summed E-state index contributed by atoms with van der Waals surface area (Å²) in [6.07, 6.45) is 7.33. The monoisotopic (exact) mass is 284 g/mol. The van der Waals surface area contributed by atoms with Gasteiger partial charge < -0.3 is 10.6 Å². The van der Waals surface area contributed by atoms with Gasteiger partial charge in [0.25, 0.3) is 0 Å². The summed E-state index contributed by atoms with van der Waals surface area (Å²) in [5, 5.41) is 6.85. The second-order valence-corrected chi connectivity index (χ2v) is 5.06. The summed E-state index contributed by atoms with van der Waals surface area (Å²) >= 11 is 0. The molecule has 0 spiro atoms. The van der Waals surface area contributed by atoms with Crippen molar-refractivity contribution in [2.24, 2.45) is 0 Å². The molecule has 2 N–H and O–H groups in total. The first-order valence-electron chi connectivity index (χ1n) is 7.66. The van der Waals surface area contributed by atoms with Crippen LogP contribution in [0.25, 0.3) is 0 Å². The van der Waals surface area contributed by atoms with Crippen molar-refractivity contribution >= 4 is 0 Å². The Labute approximate surface area is 127 Å². The fraction of sp³-hybridized carbons (Fsp3) is 0.412. The standard InChI is InChI=1S/C17H24N4/c1(4-10-18-14-16-8-2-6-12-20-16)5-11-19-15-17-9-3-7-13-21-17/h2-3,6-9,12-13,18-19H,1,4-5,10-11,14-15H2. The van der Waals surface area contributed by atoms with Crippen LogP contribution in [0.15, 0.2) is 48.8 Å². The molecule has 0 amide bonds. The lowest BCUT2D eigenvalue weighted by atomic mass is 10.2. The van der Waals surface area contributed by atoms with Crippen LogP contribution >= 0.6 is 0 Å². The molecule has 112 valence electrons. The van der Waals surface area contributed by atoms with E-state index in [0.29, 0.717) is 0 Å². The molecule has 0 atom stereocenters. The highest BCUT2D eigenvalue weighted by Gasteiger charge is 1.94. The molecule has 0 radical (unpaired) electrons. The zero-order valence-corrected chi connectivity index (χ0v) is 12.5. The van der Waals surface area contributed by atoms with Crippen molar-refractivity contribution in [1.29, 1.82) is 0 Å². The topological polar surface area (TPSA) is 49.8 Å². The van der Waals surface area contributed by atoms with E-state index in [9.17, 15) is 0 Å². The van der Waals surface area contributed by atoms with Crippen LogP contribution < -0.4 is 10.6 Å². The van der Waals surface area contributed by atoms with Crippen molar-refractivity contribution in [2.75, 3.05) is 13.1 Å². The van der Waals surface area contributed by atoms with Gasteiger partial charge in [0.15, 0.2) is 0 Å². The molecule has 0 aliphatic heterocycles. The lowest BCUT2D eigenvalue weighted by molar-refractivity contribution is 0.567. The summed E-state index contributed by atoms with van der Waals surface area (Å²) < 4.78 is 0. The van der Waals surface area contributed by atoms with Crippen LogP contribution in [-0.2, 0) is 13.1 Å². The van der Waals surface area contributed by atoms with Crippen LogP contribution in [0.4, 0.5) is 0 Å². The third-order valence-corrected chi connectivity index (χ3v) is 3.27. The minimum Gasteiger partial charge on any atom is -0.311 e. The first kappa shape index (κ1) is 15.6. The molecule has 4 heteroatoms. The van der Waals surface area contributed by atoms with Crippen LogP contribution in [0.3, 0.4) is 0 Å². The molecular weight excluding hydrogens is 260 g/mol. The normalized spacial score (nSPS) is 10.7. The number of unbranched alkanes of at least 4 members (excludes halogenated alkanes) is 2. The Morgan fingerprint density at radius 3 is 1.62 bits per heavy atom. The molecule has 4 nitrogen and oxygen atoms in total. The van der Waals surface area contributed by atoms with Crippen molar-refractivity contribution in [3.05, 3.63) is 60.2 Å². The number of nitrogens with zero attached hydrogens (tertiary/aromatic N) is 2. The van der Waals surface area contributed by atoms with Gasteiger partial charge in [0.2, 0.25) is 0 Å². The van der Waals surface area contributed by atoms with Gasteiger partial charge in [-0.3, -0.25) is 9.97 Å². The second-order valence-electron chi connectivity index (χ2n) is 5.06. The molecular formula is C17H24N4. The summed E-state index contributed by atoms with van der Waals surface area (Å²) in [5.74, 6) is 0.